The zero-order valence-electron chi connectivity index (χ0n) is 16.4. The maximum Gasteiger partial charge on any atom is 0.255 e. The van der Waals surface area contributed by atoms with E-state index in [9.17, 15) is 13.2 Å². The zero-order chi connectivity index (χ0) is 21.7. The van der Waals surface area contributed by atoms with Gasteiger partial charge in [-0.1, -0.05) is 46.3 Å². The van der Waals surface area contributed by atoms with Crippen molar-refractivity contribution in [2.45, 2.75) is 4.90 Å². The number of halogens is 1. The molecule has 3 rings (SSSR count). The van der Waals surface area contributed by atoms with Gasteiger partial charge in [0.15, 0.2) is 0 Å². The highest BCUT2D eigenvalue weighted by Crippen LogP contribution is 2.22. The number of methoxy groups -OCH3 is 1. The summed E-state index contributed by atoms with van der Waals surface area (Å²) in [7, 11) is -0.939. The Morgan fingerprint density at radius 3 is 2.60 bits per heavy atom. The second-order valence-corrected chi connectivity index (χ2v) is 9.41. The van der Waals surface area contributed by atoms with Gasteiger partial charge in [0.05, 0.1) is 24.8 Å². The number of likely N-dealkylation sites (N-methyl/N-ethyl adjacent to an activating group) is 1. The minimum atomic E-state index is -3.82. The summed E-state index contributed by atoms with van der Waals surface area (Å²) in [5.74, 6) is 0.0271. The van der Waals surface area contributed by atoms with Crippen molar-refractivity contribution in [2.24, 2.45) is 5.10 Å². The first-order valence-electron chi connectivity index (χ1n) is 8.92. The molecule has 9 heteroatoms. The van der Waals surface area contributed by atoms with Gasteiger partial charge in [0, 0.05) is 17.1 Å². The van der Waals surface area contributed by atoms with E-state index in [4.69, 9.17) is 4.74 Å². The van der Waals surface area contributed by atoms with Gasteiger partial charge in [0.25, 0.3) is 5.91 Å². The maximum atomic E-state index is 12.8. The van der Waals surface area contributed by atoms with Crippen molar-refractivity contribution in [2.75, 3.05) is 20.7 Å². The molecule has 0 heterocycles. The number of rotatable bonds is 7. The van der Waals surface area contributed by atoms with Crippen LogP contribution in [0.2, 0.25) is 0 Å². The lowest BCUT2D eigenvalue weighted by atomic mass is 10.1. The molecule has 0 saturated heterocycles. The molecule has 30 heavy (non-hydrogen) atoms. The Bertz CT molecular complexity index is 1210. The number of nitrogens with zero attached hydrogens (tertiary/aromatic N) is 2. The van der Waals surface area contributed by atoms with Gasteiger partial charge >= 0.3 is 0 Å². The van der Waals surface area contributed by atoms with Crippen molar-refractivity contribution in [3.05, 3.63) is 70.7 Å². The zero-order valence-corrected chi connectivity index (χ0v) is 18.8. The van der Waals surface area contributed by atoms with Gasteiger partial charge in [0.1, 0.15) is 5.75 Å². The molecule has 3 aromatic carbocycles. The second-order valence-electron chi connectivity index (χ2n) is 6.45. The van der Waals surface area contributed by atoms with Gasteiger partial charge in [-0.3, -0.25) is 4.79 Å². The number of nitrogens with one attached hydrogen (secondary N) is 1. The molecule has 0 atom stereocenters. The first-order chi connectivity index (χ1) is 14.3. The molecule has 0 radical (unpaired) electrons. The number of amides is 1. The molecule has 1 amide bonds. The molecule has 0 aliphatic carbocycles. The van der Waals surface area contributed by atoms with Crippen molar-refractivity contribution < 1.29 is 17.9 Å². The van der Waals surface area contributed by atoms with E-state index in [1.165, 1.54) is 26.4 Å². The van der Waals surface area contributed by atoms with Gasteiger partial charge in [-0.15, -0.1) is 0 Å². The van der Waals surface area contributed by atoms with Crippen molar-refractivity contribution >= 4 is 48.8 Å². The molecule has 1 N–H and O–H groups in total. The summed E-state index contributed by atoms with van der Waals surface area (Å²) in [4.78, 5) is 12.3. The number of carbonyl (C=O) groups excluding carboxylic acids is 1. The van der Waals surface area contributed by atoms with Crippen LogP contribution in [0, 0.1) is 0 Å². The van der Waals surface area contributed by atoms with Crippen LogP contribution < -0.4 is 10.2 Å². The fraction of sp³-hybridized carbons (Fsp3) is 0.143. The van der Waals surface area contributed by atoms with Crippen molar-refractivity contribution in [1.82, 2.24) is 9.73 Å². The molecular weight excluding hydrogens is 470 g/mol. The van der Waals surface area contributed by atoms with Gasteiger partial charge in [-0.2, -0.15) is 9.41 Å². The highest BCUT2D eigenvalue weighted by atomic mass is 79.9. The summed E-state index contributed by atoms with van der Waals surface area (Å²) in [5.41, 5.74) is 3.00. The quantitative estimate of drug-likeness (QED) is 0.407. The van der Waals surface area contributed by atoms with E-state index < -0.39 is 15.9 Å². The molecule has 0 unspecified atom stereocenters. The van der Waals surface area contributed by atoms with Crippen LogP contribution in [0.25, 0.3) is 10.8 Å². The lowest BCUT2D eigenvalue weighted by Gasteiger charge is -2.16. The van der Waals surface area contributed by atoms with Gasteiger partial charge in [0.2, 0.25) is 10.0 Å². The van der Waals surface area contributed by atoms with Crippen LogP contribution in [-0.4, -0.2) is 45.5 Å². The summed E-state index contributed by atoms with van der Waals surface area (Å²) in [5, 5.41) is 5.64. The second kappa shape index (κ2) is 9.38. The molecular formula is C21H20BrN3O4S. The van der Waals surface area contributed by atoms with E-state index in [0.29, 0.717) is 11.3 Å². The number of benzene rings is 3. The average Bonchev–Trinajstić information content (AvgIpc) is 2.73. The first-order valence-corrected chi connectivity index (χ1v) is 11.1. The fourth-order valence-electron chi connectivity index (χ4n) is 2.81. The number of hydrogen-bond acceptors (Lipinski definition) is 5. The molecule has 0 aliphatic heterocycles. The molecule has 156 valence electrons. The summed E-state index contributed by atoms with van der Waals surface area (Å²) >= 11 is 3.36. The number of ether oxygens (including phenoxy) is 1. The largest absolute Gasteiger partial charge is 0.496 e. The molecule has 0 bridgehead atoms. The molecule has 3 aromatic rings. The number of carbonyl (C=O) groups is 1. The van der Waals surface area contributed by atoms with Crippen molar-refractivity contribution in [3.63, 3.8) is 0 Å². The Hall–Kier alpha value is -2.75. The SMILES string of the molecule is COc1ccc(Br)cc1/C=N\NC(=O)CN(C)S(=O)(=O)c1ccc2ccccc2c1. The highest BCUT2D eigenvalue weighted by molar-refractivity contribution is 9.10. The van der Waals surface area contributed by atoms with Crippen molar-refractivity contribution in [1.29, 1.82) is 0 Å². The molecule has 0 aromatic heterocycles. The van der Waals surface area contributed by atoms with Gasteiger partial charge < -0.3 is 4.74 Å². The third-order valence-electron chi connectivity index (χ3n) is 4.38. The highest BCUT2D eigenvalue weighted by Gasteiger charge is 2.23. The van der Waals surface area contributed by atoms with Crippen molar-refractivity contribution in [3.8, 4) is 5.75 Å². The van der Waals surface area contributed by atoms with Gasteiger partial charge in [-0.25, -0.2) is 13.8 Å². The molecule has 0 saturated carbocycles. The Morgan fingerprint density at radius 2 is 1.87 bits per heavy atom. The summed E-state index contributed by atoms with van der Waals surface area (Å²) in [6.07, 6.45) is 1.43. The number of hydrogen-bond donors (Lipinski definition) is 1. The Balaban J connectivity index is 1.67. The summed E-state index contributed by atoms with van der Waals surface area (Å²) < 4.78 is 32.7. The van der Waals surface area contributed by atoms with Crippen LogP contribution in [0.3, 0.4) is 0 Å². The van der Waals surface area contributed by atoms with Crippen LogP contribution in [-0.2, 0) is 14.8 Å². The first kappa shape index (κ1) is 21.9. The van der Waals surface area contributed by atoms with E-state index >= 15 is 0 Å². The molecule has 7 nitrogen and oxygen atoms in total. The lowest BCUT2D eigenvalue weighted by Crippen LogP contribution is -2.36. The molecule has 0 aliphatic rings. The van der Waals surface area contributed by atoms with Crippen LogP contribution in [0.5, 0.6) is 5.75 Å². The topological polar surface area (TPSA) is 88.1 Å². The van der Waals surface area contributed by atoms with E-state index in [2.05, 4.69) is 26.5 Å². The summed E-state index contributed by atoms with van der Waals surface area (Å²) in [6, 6.07) is 17.7. The van der Waals surface area contributed by atoms with Crippen LogP contribution in [0.4, 0.5) is 0 Å². The molecule has 0 spiro atoms. The lowest BCUT2D eigenvalue weighted by molar-refractivity contribution is -0.121. The van der Waals surface area contributed by atoms with E-state index in [-0.39, 0.29) is 11.4 Å². The number of fused-ring (bicyclic) bond motifs is 1. The Morgan fingerprint density at radius 1 is 1.13 bits per heavy atom. The third-order valence-corrected chi connectivity index (χ3v) is 6.67. The third kappa shape index (κ3) is 5.05. The minimum Gasteiger partial charge on any atom is -0.496 e. The minimum absolute atomic E-state index is 0.124. The number of sulfonamides is 1. The van der Waals surface area contributed by atoms with Crippen LogP contribution in [0.15, 0.2) is 75.1 Å². The van der Waals surface area contributed by atoms with E-state index in [1.54, 1.807) is 24.3 Å². The standard InChI is InChI=1S/C21H20BrN3O4S/c1-25(30(27,28)19-9-7-15-5-3-4-6-16(15)12-19)14-21(26)24-23-13-17-11-18(22)8-10-20(17)29-2/h3-13H,14H2,1-2H3,(H,24,26)/b23-13-. The number of hydrazone groups is 1. The maximum absolute atomic E-state index is 12.8. The Kier molecular flexibility index (Phi) is 6.86. The monoisotopic (exact) mass is 489 g/mol. The fourth-order valence-corrected chi connectivity index (χ4v) is 4.35. The van der Waals surface area contributed by atoms with Crippen LogP contribution in [0.1, 0.15) is 5.56 Å². The predicted molar refractivity (Wildman–Crippen MR) is 120 cm³/mol. The molecule has 0 fully saturated rings. The normalized spacial score (nSPS) is 11.9. The Labute approximate surface area is 183 Å². The van der Waals surface area contributed by atoms with E-state index in [1.807, 2.05) is 30.3 Å². The smallest absolute Gasteiger partial charge is 0.255 e. The summed E-state index contributed by atoms with van der Waals surface area (Å²) in [6.45, 7) is -0.373. The predicted octanol–water partition coefficient (Wildman–Crippen LogP) is 3.38. The average molecular weight is 490 g/mol. The van der Waals surface area contributed by atoms with Gasteiger partial charge in [-0.05, 0) is 41.1 Å². The van der Waals surface area contributed by atoms with Crippen LogP contribution >= 0.6 is 15.9 Å². The van der Waals surface area contributed by atoms with E-state index in [0.717, 1.165) is 19.6 Å².